The molecule has 0 aliphatic carbocycles. The maximum absolute atomic E-state index is 6.01. The molecule has 0 radical (unpaired) electrons. The van der Waals surface area contributed by atoms with Crippen LogP contribution < -0.4 is 4.90 Å². The molecular weight excluding hydrogens is 208 g/mol. The Bertz CT molecular complexity index is 327. The highest BCUT2D eigenvalue weighted by molar-refractivity contribution is 6.18. The molecule has 0 amide bonds. The Balaban J connectivity index is 2.20. The number of hydrogen-bond acceptors (Lipinski definition) is 2. The number of aryl methyl sites for hydroxylation is 1. The van der Waals surface area contributed by atoms with E-state index in [4.69, 9.17) is 11.6 Å². The Morgan fingerprint density at radius 3 is 3.13 bits per heavy atom. The number of anilines is 1. The van der Waals surface area contributed by atoms with Crippen LogP contribution in [0.1, 0.15) is 25.0 Å². The summed E-state index contributed by atoms with van der Waals surface area (Å²) in [5.74, 6) is 0.724. The molecule has 0 saturated carbocycles. The Kier molecular flexibility index (Phi) is 3.47. The molecular formula is C12H17ClN2. The summed E-state index contributed by atoms with van der Waals surface area (Å²) in [6.45, 7) is 3.16. The molecule has 2 nitrogen and oxygen atoms in total. The third-order valence-corrected chi connectivity index (χ3v) is 3.37. The molecule has 1 aliphatic heterocycles. The first-order chi connectivity index (χ1) is 7.31. The molecule has 3 heteroatoms. The van der Waals surface area contributed by atoms with Gasteiger partial charge in [-0.05, 0) is 38.3 Å². The third-order valence-electron chi connectivity index (χ3n) is 3.02. The minimum atomic E-state index is 0.502. The second-order valence-corrected chi connectivity index (χ2v) is 4.46. The Morgan fingerprint density at radius 1 is 1.53 bits per heavy atom. The largest absolute Gasteiger partial charge is 0.367 e. The third kappa shape index (κ3) is 2.43. The summed E-state index contributed by atoms with van der Waals surface area (Å²) in [7, 11) is 0. The van der Waals surface area contributed by atoms with Gasteiger partial charge in [0.15, 0.2) is 0 Å². The molecule has 1 unspecified atom stereocenters. The van der Waals surface area contributed by atoms with E-state index in [9.17, 15) is 0 Å². The average molecular weight is 225 g/mol. The van der Waals surface area contributed by atoms with E-state index in [1.54, 1.807) is 0 Å². The van der Waals surface area contributed by atoms with Crippen molar-refractivity contribution in [3.8, 4) is 0 Å². The van der Waals surface area contributed by atoms with Crippen molar-refractivity contribution in [1.82, 2.24) is 4.98 Å². The van der Waals surface area contributed by atoms with Crippen LogP contribution in [0.25, 0.3) is 0 Å². The van der Waals surface area contributed by atoms with Gasteiger partial charge in [-0.2, -0.15) is 0 Å². The fourth-order valence-electron chi connectivity index (χ4n) is 2.21. The van der Waals surface area contributed by atoms with Gasteiger partial charge in [0, 0.05) is 36.0 Å². The van der Waals surface area contributed by atoms with Crippen molar-refractivity contribution in [2.24, 2.45) is 0 Å². The Morgan fingerprint density at radius 2 is 2.40 bits per heavy atom. The Labute approximate surface area is 96.3 Å². The van der Waals surface area contributed by atoms with Crippen LogP contribution in [0.5, 0.6) is 0 Å². The van der Waals surface area contributed by atoms with Gasteiger partial charge in [0.25, 0.3) is 0 Å². The van der Waals surface area contributed by atoms with Crippen LogP contribution in [0.4, 0.5) is 5.69 Å². The number of rotatable bonds is 2. The van der Waals surface area contributed by atoms with Gasteiger partial charge in [-0.1, -0.05) is 0 Å². The molecule has 1 atom stereocenters. The molecule has 1 fully saturated rings. The van der Waals surface area contributed by atoms with Crippen molar-refractivity contribution in [3.63, 3.8) is 0 Å². The topological polar surface area (TPSA) is 16.1 Å². The molecule has 2 rings (SSSR count). The van der Waals surface area contributed by atoms with Crippen LogP contribution in [0.3, 0.4) is 0 Å². The van der Waals surface area contributed by atoms with E-state index >= 15 is 0 Å². The summed E-state index contributed by atoms with van der Waals surface area (Å²) >= 11 is 6.01. The normalized spacial score (nSPS) is 21.7. The van der Waals surface area contributed by atoms with E-state index in [2.05, 4.69) is 22.0 Å². The number of pyridine rings is 1. The molecule has 0 aromatic carbocycles. The second-order valence-electron chi connectivity index (χ2n) is 4.15. The minimum absolute atomic E-state index is 0.502. The molecule has 2 heterocycles. The number of nitrogens with zero attached hydrogens (tertiary/aromatic N) is 2. The van der Waals surface area contributed by atoms with E-state index in [1.165, 1.54) is 24.9 Å². The average Bonchev–Trinajstić information content (AvgIpc) is 2.29. The number of aromatic nitrogens is 1. The van der Waals surface area contributed by atoms with Crippen molar-refractivity contribution >= 4 is 17.3 Å². The molecule has 1 aromatic rings. The van der Waals surface area contributed by atoms with Gasteiger partial charge in [0.2, 0.25) is 0 Å². The highest BCUT2D eigenvalue weighted by atomic mass is 35.5. The highest BCUT2D eigenvalue weighted by Gasteiger charge is 2.21. The predicted molar refractivity (Wildman–Crippen MR) is 64.7 cm³/mol. The van der Waals surface area contributed by atoms with E-state index < -0.39 is 0 Å². The van der Waals surface area contributed by atoms with Crippen LogP contribution >= 0.6 is 11.6 Å². The molecule has 1 saturated heterocycles. The van der Waals surface area contributed by atoms with Gasteiger partial charge >= 0.3 is 0 Å². The van der Waals surface area contributed by atoms with Crippen molar-refractivity contribution in [3.05, 3.63) is 24.0 Å². The summed E-state index contributed by atoms with van der Waals surface area (Å²) in [5.41, 5.74) is 2.35. The number of halogens is 1. The maximum atomic E-state index is 6.01. The van der Waals surface area contributed by atoms with E-state index in [1.807, 2.05) is 13.1 Å². The fourth-order valence-corrected chi connectivity index (χ4v) is 2.53. The van der Waals surface area contributed by atoms with E-state index in [-0.39, 0.29) is 0 Å². The van der Waals surface area contributed by atoms with Gasteiger partial charge in [0.1, 0.15) is 0 Å². The molecule has 1 aliphatic rings. The zero-order valence-corrected chi connectivity index (χ0v) is 9.87. The molecule has 0 N–H and O–H groups in total. The lowest BCUT2D eigenvalue weighted by atomic mass is 10.0. The first-order valence-corrected chi connectivity index (χ1v) is 6.10. The van der Waals surface area contributed by atoms with Crippen LogP contribution in [0.2, 0.25) is 0 Å². The minimum Gasteiger partial charge on any atom is -0.367 e. The van der Waals surface area contributed by atoms with Crippen LogP contribution in [0, 0.1) is 6.92 Å². The lowest BCUT2D eigenvalue weighted by molar-refractivity contribution is 0.488. The molecule has 15 heavy (non-hydrogen) atoms. The highest BCUT2D eigenvalue weighted by Crippen LogP contribution is 2.25. The summed E-state index contributed by atoms with van der Waals surface area (Å²) < 4.78 is 0. The van der Waals surface area contributed by atoms with Crippen molar-refractivity contribution in [2.75, 3.05) is 17.3 Å². The lowest BCUT2D eigenvalue weighted by Gasteiger charge is -2.36. The summed E-state index contributed by atoms with van der Waals surface area (Å²) in [5, 5.41) is 0. The monoisotopic (exact) mass is 224 g/mol. The first-order valence-electron chi connectivity index (χ1n) is 5.56. The Hall–Kier alpha value is -0.760. The summed E-state index contributed by atoms with van der Waals surface area (Å²) in [6.07, 6.45) is 5.67. The number of hydrogen-bond donors (Lipinski definition) is 0. The summed E-state index contributed by atoms with van der Waals surface area (Å²) in [4.78, 5) is 6.65. The lowest BCUT2D eigenvalue weighted by Crippen LogP contribution is -2.40. The van der Waals surface area contributed by atoms with Gasteiger partial charge in [-0.25, -0.2) is 0 Å². The van der Waals surface area contributed by atoms with Crippen LogP contribution in [-0.4, -0.2) is 23.5 Å². The number of alkyl halides is 1. The van der Waals surface area contributed by atoms with Gasteiger partial charge in [-0.3, -0.25) is 4.98 Å². The smallest absolute Gasteiger partial charge is 0.0427 e. The second kappa shape index (κ2) is 4.84. The van der Waals surface area contributed by atoms with Gasteiger partial charge in [-0.15, -0.1) is 11.6 Å². The van der Waals surface area contributed by atoms with Crippen LogP contribution in [-0.2, 0) is 0 Å². The van der Waals surface area contributed by atoms with Crippen molar-refractivity contribution in [2.45, 2.75) is 32.2 Å². The molecule has 1 aromatic heterocycles. The maximum Gasteiger partial charge on any atom is 0.0427 e. The fraction of sp³-hybridized carbons (Fsp3) is 0.583. The zero-order chi connectivity index (χ0) is 10.7. The first kappa shape index (κ1) is 10.7. The zero-order valence-electron chi connectivity index (χ0n) is 9.12. The van der Waals surface area contributed by atoms with E-state index in [0.29, 0.717) is 6.04 Å². The van der Waals surface area contributed by atoms with Crippen LogP contribution in [0.15, 0.2) is 18.3 Å². The number of piperidine rings is 1. The quantitative estimate of drug-likeness (QED) is 0.718. The SMILES string of the molecule is Cc1cc(N2CCCCC2CCl)ccn1. The van der Waals surface area contributed by atoms with Gasteiger partial charge < -0.3 is 4.90 Å². The van der Waals surface area contributed by atoms with Crippen molar-refractivity contribution < 1.29 is 0 Å². The van der Waals surface area contributed by atoms with Crippen molar-refractivity contribution in [1.29, 1.82) is 0 Å². The van der Waals surface area contributed by atoms with Gasteiger partial charge in [0.05, 0.1) is 0 Å². The van der Waals surface area contributed by atoms with E-state index in [0.717, 1.165) is 18.1 Å². The molecule has 0 bridgehead atoms. The molecule has 82 valence electrons. The molecule has 0 spiro atoms. The standard InChI is InChI=1S/C12H17ClN2/c1-10-8-11(5-6-14-10)15-7-3-2-4-12(15)9-13/h5-6,8,12H,2-4,7,9H2,1H3. The summed E-state index contributed by atoms with van der Waals surface area (Å²) in [6, 6.07) is 4.73. The predicted octanol–water partition coefficient (Wildman–Crippen LogP) is 2.99.